The first-order chi connectivity index (χ1) is 20.3. The highest BCUT2D eigenvalue weighted by Crippen LogP contribution is 2.53. The third kappa shape index (κ3) is 6.49. The van der Waals surface area contributed by atoms with Crippen LogP contribution in [0.5, 0.6) is 11.5 Å². The van der Waals surface area contributed by atoms with E-state index in [-0.39, 0.29) is 41.9 Å². The van der Waals surface area contributed by atoms with Crippen LogP contribution in [-0.4, -0.2) is 42.4 Å². The van der Waals surface area contributed by atoms with Crippen LogP contribution in [0.2, 0.25) is 5.02 Å². The van der Waals surface area contributed by atoms with Crippen molar-refractivity contribution in [3.8, 4) is 17.6 Å². The van der Waals surface area contributed by atoms with E-state index >= 15 is 8.78 Å². The zero-order chi connectivity index (χ0) is 30.2. The summed E-state index contributed by atoms with van der Waals surface area (Å²) in [5.41, 5.74) is -1.27. The number of hydrogen-bond donors (Lipinski definition) is 0. The number of aldehydes is 1. The summed E-state index contributed by atoms with van der Waals surface area (Å²) >= 11 is 12.3. The van der Waals surface area contributed by atoms with Gasteiger partial charge < -0.3 is 14.2 Å². The van der Waals surface area contributed by atoms with Gasteiger partial charge in [-0.25, -0.2) is 8.78 Å². The van der Waals surface area contributed by atoms with Crippen molar-refractivity contribution in [1.82, 2.24) is 4.98 Å². The predicted octanol–water partition coefficient (Wildman–Crippen LogP) is 7.69. The minimum absolute atomic E-state index is 0.00727. The summed E-state index contributed by atoms with van der Waals surface area (Å²) in [5, 5.41) is 9.21. The fraction of sp³-hybridized carbons (Fsp3) is 0.281. The van der Waals surface area contributed by atoms with Crippen LogP contribution in [-0.2, 0) is 11.3 Å². The van der Waals surface area contributed by atoms with Crippen molar-refractivity contribution < 1.29 is 27.8 Å². The Morgan fingerprint density at radius 3 is 2.60 bits per heavy atom. The SMILES string of the molecule is CC1(C(F)F)C(c2ccccc2)=CC=CC1(COc1cc(OCc2cncc(C#N)c2)c(C=O)cc1Cl)OCCCCl. The molecule has 1 aromatic heterocycles. The largest absolute Gasteiger partial charge is 0.488 e. The highest BCUT2D eigenvalue weighted by Gasteiger charge is 2.58. The zero-order valence-electron chi connectivity index (χ0n) is 22.7. The summed E-state index contributed by atoms with van der Waals surface area (Å²) < 4.78 is 48.6. The van der Waals surface area contributed by atoms with Gasteiger partial charge >= 0.3 is 0 Å². The maximum Gasteiger partial charge on any atom is 0.251 e. The molecule has 42 heavy (non-hydrogen) atoms. The number of nitrogens with zero attached hydrogens (tertiary/aromatic N) is 2. The van der Waals surface area contributed by atoms with Crippen molar-refractivity contribution in [1.29, 1.82) is 5.26 Å². The lowest BCUT2D eigenvalue weighted by atomic mass is 9.64. The number of benzene rings is 2. The third-order valence-corrected chi connectivity index (χ3v) is 7.74. The molecule has 0 spiro atoms. The van der Waals surface area contributed by atoms with Crippen LogP contribution < -0.4 is 9.47 Å². The summed E-state index contributed by atoms with van der Waals surface area (Å²) in [4.78, 5) is 15.8. The van der Waals surface area contributed by atoms with Crippen molar-refractivity contribution in [2.24, 2.45) is 5.41 Å². The number of allylic oxidation sites excluding steroid dienone is 2. The van der Waals surface area contributed by atoms with Crippen molar-refractivity contribution in [2.45, 2.75) is 32.0 Å². The van der Waals surface area contributed by atoms with E-state index in [2.05, 4.69) is 4.98 Å². The van der Waals surface area contributed by atoms with Gasteiger partial charge in [-0.1, -0.05) is 54.1 Å². The average Bonchev–Trinajstić information content (AvgIpc) is 3.01. The molecule has 0 N–H and O–H groups in total. The monoisotopic (exact) mass is 612 g/mol. The first-order valence-electron chi connectivity index (χ1n) is 13.1. The van der Waals surface area contributed by atoms with Gasteiger partial charge in [-0.3, -0.25) is 9.78 Å². The lowest BCUT2D eigenvalue weighted by molar-refractivity contribution is -0.143. The van der Waals surface area contributed by atoms with Crippen LogP contribution in [0.3, 0.4) is 0 Å². The maximum atomic E-state index is 15.2. The summed E-state index contributed by atoms with van der Waals surface area (Å²) in [5.74, 6) is 0.562. The van der Waals surface area contributed by atoms with Crippen molar-refractivity contribution in [3.63, 3.8) is 0 Å². The molecule has 0 radical (unpaired) electrons. The van der Waals surface area contributed by atoms with E-state index < -0.39 is 17.4 Å². The van der Waals surface area contributed by atoms with Crippen LogP contribution in [0.15, 0.2) is 79.2 Å². The molecule has 218 valence electrons. The standard InChI is InChI=1S/C32H28Cl2F2N2O4/c1-31(30(35)36)26(24-7-3-2-4-8-24)9-5-10-32(31,42-12-6-11-33)21-41-29-15-28(25(19-39)14-27(29)34)40-20-23-13-22(16-37)17-38-18-23/h2-5,7-10,13-15,17-19,30H,6,11-12,20-21H2,1H3. The van der Waals surface area contributed by atoms with E-state index in [1.165, 1.54) is 31.5 Å². The number of pyridine rings is 1. The molecule has 1 aliphatic carbocycles. The topological polar surface area (TPSA) is 81.4 Å². The fourth-order valence-electron chi connectivity index (χ4n) is 4.79. The zero-order valence-corrected chi connectivity index (χ0v) is 24.2. The molecule has 0 aliphatic heterocycles. The number of hydrogen-bond acceptors (Lipinski definition) is 6. The molecule has 0 saturated carbocycles. The number of ether oxygens (including phenoxy) is 3. The van der Waals surface area contributed by atoms with E-state index in [9.17, 15) is 4.79 Å². The van der Waals surface area contributed by atoms with E-state index in [1.807, 2.05) is 12.1 Å². The molecule has 2 aromatic carbocycles. The molecule has 6 nitrogen and oxygen atoms in total. The molecular weight excluding hydrogens is 585 g/mol. The number of nitriles is 1. The Bertz CT molecular complexity index is 1510. The van der Waals surface area contributed by atoms with Crippen LogP contribution in [0, 0.1) is 16.7 Å². The van der Waals surface area contributed by atoms with Crippen LogP contribution in [0.1, 0.15) is 40.4 Å². The number of alkyl halides is 3. The Hall–Kier alpha value is -3.77. The molecule has 0 amide bonds. The van der Waals surface area contributed by atoms with Crippen LogP contribution in [0.25, 0.3) is 5.57 Å². The van der Waals surface area contributed by atoms with Crippen LogP contribution >= 0.6 is 23.2 Å². The van der Waals surface area contributed by atoms with Gasteiger partial charge in [-0.05, 0) is 42.7 Å². The molecule has 3 aromatic rings. The Morgan fingerprint density at radius 2 is 1.90 bits per heavy atom. The second-order valence-electron chi connectivity index (χ2n) is 9.80. The second kappa shape index (κ2) is 13.9. The molecule has 0 saturated heterocycles. The van der Waals surface area contributed by atoms with E-state index in [0.29, 0.717) is 40.9 Å². The van der Waals surface area contributed by atoms with Crippen molar-refractivity contribution >= 4 is 35.1 Å². The van der Waals surface area contributed by atoms with Gasteiger partial charge in [0.05, 0.1) is 21.6 Å². The van der Waals surface area contributed by atoms with Crippen molar-refractivity contribution in [3.05, 3.63) is 106 Å². The van der Waals surface area contributed by atoms with Gasteiger partial charge in [0.15, 0.2) is 6.29 Å². The number of aromatic nitrogens is 1. The smallest absolute Gasteiger partial charge is 0.251 e. The Balaban J connectivity index is 1.67. The highest BCUT2D eigenvalue weighted by atomic mass is 35.5. The van der Waals surface area contributed by atoms with Gasteiger partial charge in [0.25, 0.3) is 6.43 Å². The Labute approximate surface area is 253 Å². The molecule has 0 fully saturated rings. The van der Waals surface area contributed by atoms with Gasteiger partial charge in [0.2, 0.25) is 0 Å². The number of rotatable bonds is 13. The first kappa shape index (κ1) is 31.2. The minimum Gasteiger partial charge on any atom is -0.488 e. The van der Waals surface area contributed by atoms with Crippen molar-refractivity contribution in [2.75, 3.05) is 19.1 Å². The normalized spacial score (nSPS) is 19.7. The van der Waals surface area contributed by atoms with E-state index in [0.717, 1.165) is 0 Å². The summed E-state index contributed by atoms with van der Waals surface area (Å²) in [6, 6.07) is 15.4. The highest BCUT2D eigenvalue weighted by molar-refractivity contribution is 6.32. The molecule has 2 unspecified atom stereocenters. The number of halogens is 4. The third-order valence-electron chi connectivity index (χ3n) is 7.18. The quantitative estimate of drug-likeness (QED) is 0.112. The summed E-state index contributed by atoms with van der Waals surface area (Å²) in [6.07, 6.45) is 6.08. The van der Waals surface area contributed by atoms with Gasteiger partial charge in [-0.15, -0.1) is 11.6 Å². The molecule has 10 heteroatoms. The maximum absolute atomic E-state index is 15.2. The number of carbonyl (C=O) groups is 1. The van der Waals surface area contributed by atoms with Gasteiger partial charge in [0, 0.05) is 36.5 Å². The minimum atomic E-state index is -2.84. The second-order valence-corrected chi connectivity index (χ2v) is 10.6. The average molecular weight is 613 g/mol. The summed E-state index contributed by atoms with van der Waals surface area (Å²) in [6.45, 7) is 1.25. The lowest BCUT2D eigenvalue weighted by Gasteiger charge is -2.48. The van der Waals surface area contributed by atoms with E-state index in [4.69, 9.17) is 42.7 Å². The Kier molecular flexibility index (Phi) is 10.3. The molecule has 4 rings (SSSR count). The molecular formula is C32H28Cl2F2N2O4. The lowest BCUT2D eigenvalue weighted by Crippen LogP contribution is -2.57. The van der Waals surface area contributed by atoms with Gasteiger partial charge in [-0.2, -0.15) is 5.26 Å². The Morgan fingerprint density at radius 1 is 1.12 bits per heavy atom. The molecule has 2 atom stereocenters. The molecule has 1 heterocycles. The number of carbonyl (C=O) groups excluding carboxylic acids is 1. The van der Waals surface area contributed by atoms with Crippen LogP contribution in [0.4, 0.5) is 8.78 Å². The summed E-state index contributed by atoms with van der Waals surface area (Å²) in [7, 11) is 0. The van der Waals surface area contributed by atoms with Gasteiger partial charge in [0.1, 0.15) is 36.4 Å². The fourth-order valence-corrected chi connectivity index (χ4v) is 5.12. The molecule has 0 bridgehead atoms. The first-order valence-corrected chi connectivity index (χ1v) is 14.0. The predicted molar refractivity (Wildman–Crippen MR) is 157 cm³/mol. The van der Waals surface area contributed by atoms with E-state index in [1.54, 1.807) is 48.6 Å². The molecule has 1 aliphatic rings.